The number of thioether (sulfide) groups is 1. The smallest absolute Gasteiger partial charge is 0.230 e. The topological polar surface area (TPSA) is 41.1 Å². The van der Waals surface area contributed by atoms with Gasteiger partial charge in [0.1, 0.15) is 0 Å². The fraction of sp³-hybridized carbons (Fsp3) is 0.929. The van der Waals surface area contributed by atoms with E-state index in [4.69, 9.17) is 0 Å². The SMILES string of the molecule is CC1(CNC(=O)CSC2CCNCC2)CCCC1. The van der Waals surface area contributed by atoms with Crippen LogP contribution in [0, 0.1) is 5.41 Å². The van der Waals surface area contributed by atoms with Crippen LogP contribution in [0.15, 0.2) is 0 Å². The van der Waals surface area contributed by atoms with Gasteiger partial charge in [0.2, 0.25) is 5.91 Å². The fourth-order valence-corrected chi connectivity index (χ4v) is 3.98. The van der Waals surface area contributed by atoms with Crippen molar-refractivity contribution < 1.29 is 4.79 Å². The zero-order valence-corrected chi connectivity index (χ0v) is 12.3. The molecule has 4 heteroatoms. The summed E-state index contributed by atoms with van der Waals surface area (Å²) >= 11 is 1.83. The van der Waals surface area contributed by atoms with Gasteiger partial charge in [0.25, 0.3) is 0 Å². The van der Waals surface area contributed by atoms with E-state index in [0.717, 1.165) is 19.6 Å². The molecule has 2 aliphatic rings. The van der Waals surface area contributed by atoms with Crippen LogP contribution in [0.3, 0.4) is 0 Å². The average molecular weight is 270 g/mol. The Morgan fingerprint density at radius 3 is 2.67 bits per heavy atom. The number of carbonyl (C=O) groups excluding carboxylic acids is 1. The summed E-state index contributed by atoms with van der Waals surface area (Å²) in [6.07, 6.45) is 7.61. The van der Waals surface area contributed by atoms with E-state index in [1.54, 1.807) is 0 Å². The summed E-state index contributed by atoms with van der Waals surface area (Å²) in [5.74, 6) is 0.868. The molecule has 0 unspecified atom stereocenters. The molecule has 1 aliphatic heterocycles. The Balaban J connectivity index is 1.59. The maximum absolute atomic E-state index is 11.8. The largest absolute Gasteiger partial charge is 0.355 e. The molecule has 104 valence electrons. The third-order valence-electron chi connectivity index (χ3n) is 4.26. The zero-order valence-electron chi connectivity index (χ0n) is 11.5. The van der Waals surface area contributed by atoms with E-state index in [1.165, 1.54) is 38.5 Å². The van der Waals surface area contributed by atoms with Crippen LogP contribution in [-0.2, 0) is 4.79 Å². The van der Waals surface area contributed by atoms with Crippen molar-refractivity contribution in [1.82, 2.24) is 10.6 Å². The second-order valence-electron chi connectivity index (χ2n) is 6.05. The predicted molar refractivity (Wildman–Crippen MR) is 77.9 cm³/mol. The van der Waals surface area contributed by atoms with Crippen molar-refractivity contribution in [3.63, 3.8) is 0 Å². The molecular weight excluding hydrogens is 244 g/mol. The van der Waals surface area contributed by atoms with E-state index < -0.39 is 0 Å². The lowest BCUT2D eigenvalue weighted by molar-refractivity contribution is -0.119. The van der Waals surface area contributed by atoms with Crippen LogP contribution >= 0.6 is 11.8 Å². The first-order valence-electron chi connectivity index (χ1n) is 7.27. The molecule has 2 rings (SSSR count). The monoisotopic (exact) mass is 270 g/mol. The van der Waals surface area contributed by atoms with Gasteiger partial charge in [-0.25, -0.2) is 0 Å². The third kappa shape index (κ3) is 4.47. The van der Waals surface area contributed by atoms with Crippen molar-refractivity contribution in [3.8, 4) is 0 Å². The van der Waals surface area contributed by atoms with E-state index in [9.17, 15) is 4.79 Å². The van der Waals surface area contributed by atoms with Gasteiger partial charge in [-0.2, -0.15) is 0 Å². The molecule has 2 fully saturated rings. The van der Waals surface area contributed by atoms with E-state index in [-0.39, 0.29) is 5.91 Å². The second-order valence-corrected chi connectivity index (χ2v) is 7.34. The first-order chi connectivity index (χ1) is 8.68. The van der Waals surface area contributed by atoms with Crippen molar-refractivity contribution in [2.75, 3.05) is 25.4 Å². The normalized spacial score (nSPS) is 24.1. The summed E-state index contributed by atoms with van der Waals surface area (Å²) in [5, 5.41) is 7.16. The Kier molecular flexibility index (Phi) is 5.37. The van der Waals surface area contributed by atoms with Crippen molar-refractivity contribution >= 4 is 17.7 Å². The molecule has 0 aromatic rings. The van der Waals surface area contributed by atoms with E-state index in [0.29, 0.717) is 16.4 Å². The zero-order chi connectivity index (χ0) is 12.8. The maximum atomic E-state index is 11.8. The van der Waals surface area contributed by atoms with Crippen molar-refractivity contribution in [2.24, 2.45) is 5.41 Å². The molecule has 3 nitrogen and oxygen atoms in total. The third-order valence-corrected chi connectivity index (χ3v) is 5.63. The molecule has 2 N–H and O–H groups in total. The second kappa shape index (κ2) is 6.80. The lowest BCUT2D eigenvalue weighted by Gasteiger charge is -2.24. The van der Waals surface area contributed by atoms with Crippen LogP contribution < -0.4 is 10.6 Å². The minimum Gasteiger partial charge on any atom is -0.355 e. The van der Waals surface area contributed by atoms with E-state index >= 15 is 0 Å². The van der Waals surface area contributed by atoms with Gasteiger partial charge in [-0.3, -0.25) is 4.79 Å². The van der Waals surface area contributed by atoms with Gasteiger partial charge >= 0.3 is 0 Å². The Labute approximate surface area is 115 Å². The molecule has 1 heterocycles. The number of hydrogen-bond donors (Lipinski definition) is 2. The number of hydrogen-bond acceptors (Lipinski definition) is 3. The number of rotatable bonds is 5. The molecule has 1 amide bonds. The van der Waals surface area contributed by atoms with Crippen LogP contribution in [0.5, 0.6) is 0 Å². The molecule has 0 atom stereocenters. The van der Waals surface area contributed by atoms with Crippen molar-refractivity contribution in [1.29, 1.82) is 0 Å². The molecule has 0 spiro atoms. The molecule has 0 aromatic carbocycles. The molecular formula is C14H26N2OS. The van der Waals surface area contributed by atoms with Gasteiger partial charge in [-0.15, -0.1) is 11.8 Å². The lowest BCUT2D eigenvalue weighted by atomic mass is 9.89. The summed E-state index contributed by atoms with van der Waals surface area (Å²) in [7, 11) is 0. The average Bonchev–Trinajstić information content (AvgIpc) is 2.83. The molecule has 0 radical (unpaired) electrons. The predicted octanol–water partition coefficient (Wildman–Crippen LogP) is 2.17. The Morgan fingerprint density at radius 1 is 1.33 bits per heavy atom. The molecule has 18 heavy (non-hydrogen) atoms. The Morgan fingerprint density at radius 2 is 2.00 bits per heavy atom. The molecule has 0 bridgehead atoms. The molecule has 1 aliphatic carbocycles. The van der Waals surface area contributed by atoms with Crippen molar-refractivity contribution in [3.05, 3.63) is 0 Å². The summed E-state index contributed by atoms with van der Waals surface area (Å²) in [6, 6.07) is 0. The van der Waals surface area contributed by atoms with Crippen LogP contribution in [0.1, 0.15) is 45.4 Å². The lowest BCUT2D eigenvalue weighted by Crippen LogP contribution is -2.36. The van der Waals surface area contributed by atoms with Gasteiger partial charge in [0, 0.05) is 11.8 Å². The molecule has 1 saturated heterocycles. The first-order valence-corrected chi connectivity index (χ1v) is 8.32. The summed E-state index contributed by atoms with van der Waals surface area (Å²) in [5.41, 5.74) is 0.370. The Bertz CT molecular complexity index is 271. The van der Waals surface area contributed by atoms with Crippen LogP contribution in [-0.4, -0.2) is 36.5 Å². The first kappa shape index (κ1) is 14.2. The van der Waals surface area contributed by atoms with Crippen LogP contribution in [0.4, 0.5) is 0 Å². The summed E-state index contributed by atoms with van der Waals surface area (Å²) in [4.78, 5) is 11.8. The number of nitrogens with one attached hydrogen (secondary N) is 2. The van der Waals surface area contributed by atoms with Crippen LogP contribution in [0.2, 0.25) is 0 Å². The van der Waals surface area contributed by atoms with Gasteiger partial charge < -0.3 is 10.6 Å². The minimum atomic E-state index is 0.228. The summed E-state index contributed by atoms with van der Waals surface area (Å²) < 4.78 is 0. The van der Waals surface area contributed by atoms with Gasteiger partial charge in [-0.1, -0.05) is 19.8 Å². The highest BCUT2D eigenvalue weighted by Gasteiger charge is 2.28. The fourth-order valence-electron chi connectivity index (χ4n) is 2.92. The van der Waals surface area contributed by atoms with Gasteiger partial charge in [0.05, 0.1) is 5.75 Å². The van der Waals surface area contributed by atoms with E-state index in [1.807, 2.05) is 11.8 Å². The number of piperidine rings is 1. The highest BCUT2D eigenvalue weighted by atomic mass is 32.2. The molecule has 0 aromatic heterocycles. The Hall–Kier alpha value is -0.220. The minimum absolute atomic E-state index is 0.228. The quantitative estimate of drug-likeness (QED) is 0.804. The van der Waals surface area contributed by atoms with Gasteiger partial charge in [0.15, 0.2) is 0 Å². The highest BCUT2D eigenvalue weighted by molar-refractivity contribution is 8.00. The number of carbonyl (C=O) groups is 1. The highest BCUT2D eigenvalue weighted by Crippen LogP contribution is 2.36. The summed E-state index contributed by atoms with van der Waals surface area (Å²) in [6.45, 7) is 5.40. The maximum Gasteiger partial charge on any atom is 0.230 e. The van der Waals surface area contributed by atoms with Crippen LogP contribution in [0.25, 0.3) is 0 Å². The number of amides is 1. The van der Waals surface area contributed by atoms with E-state index in [2.05, 4.69) is 17.6 Å². The van der Waals surface area contributed by atoms with Gasteiger partial charge in [-0.05, 0) is 44.2 Å². The standard InChI is InChI=1S/C14H26N2OS/c1-14(6-2-3-7-14)11-16-13(17)10-18-12-4-8-15-9-5-12/h12,15H,2-11H2,1H3,(H,16,17). The van der Waals surface area contributed by atoms with Crippen molar-refractivity contribution in [2.45, 2.75) is 50.7 Å². The molecule has 1 saturated carbocycles.